The van der Waals surface area contributed by atoms with Crippen LogP contribution in [0.15, 0.2) is 36.5 Å². The predicted molar refractivity (Wildman–Crippen MR) is 65.3 cm³/mol. The standard InChI is InChI=1S/C13H14F3N3/c1-9-6-7-19(18-9)8-12(17)10-2-4-11(5-3-10)13(14,15)16/h2-7,12H,8,17H2,1H3. The smallest absolute Gasteiger partial charge is 0.322 e. The number of nitrogens with zero attached hydrogens (tertiary/aromatic N) is 2. The fourth-order valence-electron chi connectivity index (χ4n) is 1.79. The maximum absolute atomic E-state index is 12.4. The Morgan fingerprint density at radius 1 is 1.21 bits per heavy atom. The van der Waals surface area contributed by atoms with Crippen molar-refractivity contribution in [2.24, 2.45) is 5.73 Å². The van der Waals surface area contributed by atoms with Crippen LogP contribution in [0.3, 0.4) is 0 Å². The van der Waals surface area contributed by atoms with Gasteiger partial charge in [-0.2, -0.15) is 18.3 Å². The fourth-order valence-corrected chi connectivity index (χ4v) is 1.79. The zero-order valence-corrected chi connectivity index (χ0v) is 10.4. The molecule has 2 aromatic rings. The molecule has 0 aliphatic rings. The first-order chi connectivity index (χ1) is 8.86. The van der Waals surface area contributed by atoms with Crippen molar-refractivity contribution in [3.8, 4) is 0 Å². The molecule has 1 aromatic heterocycles. The molecule has 0 aliphatic heterocycles. The highest BCUT2D eigenvalue weighted by molar-refractivity contribution is 5.26. The van der Waals surface area contributed by atoms with Crippen LogP contribution < -0.4 is 5.73 Å². The van der Waals surface area contributed by atoms with Gasteiger partial charge < -0.3 is 5.73 Å². The molecule has 1 aromatic carbocycles. The normalized spacial score (nSPS) is 13.5. The second-order valence-electron chi connectivity index (χ2n) is 4.41. The minimum atomic E-state index is -4.32. The number of benzene rings is 1. The van der Waals surface area contributed by atoms with Crippen LogP contribution in [-0.2, 0) is 12.7 Å². The van der Waals surface area contributed by atoms with Gasteiger partial charge in [0.05, 0.1) is 17.8 Å². The van der Waals surface area contributed by atoms with Crippen molar-refractivity contribution in [2.75, 3.05) is 0 Å². The van der Waals surface area contributed by atoms with E-state index in [2.05, 4.69) is 5.10 Å². The minimum Gasteiger partial charge on any atom is -0.322 e. The Balaban J connectivity index is 2.09. The zero-order valence-electron chi connectivity index (χ0n) is 10.4. The molecule has 1 atom stereocenters. The number of alkyl halides is 3. The van der Waals surface area contributed by atoms with Crippen molar-refractivity contribution < 1.29 is 13.2 Å². The summed E-state index contributed by atoms with van der Waals surface area (Å²) in [5.74, 6) is 0. The lowest BCUT2D eigenvalue weighted by Crippen LogP contribution is -2.18. The molecule has 0 aliphatic carbocycles. The lowest BCUT2D eigenvalue weighted by Gasteiger charge is -2.13. The summed E-state index contributed by atoms with van der Waals surface area (Å²) in [6.07, 6.45) is -2.53. The molecular weight excluding hydrogens is 255 g/mol. The summed E-state index contributed by atoms with van der Waals surface area (Å²) in [4.78, 5) is 0. The van der Waals surface area contributed by atoms with Gasteiger partial charge in [-0.05, 0) is 30.7 Å². The van der Waals surface area contributed by atoms with Crippen LogP contribution in [0.25, 0.3) is 0 Å². The Hall–Kier alpha value is -1.82. The summed E-state index contributed by atoms with van der Waals surface area (Å²) in [7, 11) is 0. The van der Waals surface area contributed by atoms with Gasteiger partial charge in [-0.15, -0.1) is 0 Å². The van der Waals surface area contributed by atoms with Crippen LogP contribution in [0.2, 0.25) is 0 Å². The van der Waals surface area contributed by atoms with Gasteiger partial charge in [0, 0.05) is 12.2 Å². The highest BCUT2D eigenvalue weighted by Crippen LogP contribution is 2.29. The van der Waals surface area contributed by atoms with Crippen molar-refractivity contribution in [3.63, 3.8) is 0 Å². The maximum Gasteiger partial charge on any atom is 0.416 e. The van der Waals surface area contributed by atoms with E-state index in [-0.39, 0.29) is 6.04 Å². The molecule has 2 rings (SSSR count). The van der Waals surface area contributed by atoms with E-state index in [1.165, 1.54) is 12.1 Å². The average Bonchev–Trinajstić information content (AvgIpc) is 2.74. The summed E-state index contributed by atoms with van der Waals surface area (Å²) >= 11 is 0. The summed E-state index contributed by atoms with van der Waals surface area (Å²) in [5.41, 5.74) is 6.81. The largest absolute Gasteiger partial charge is 0.416 e. The van der Waals surface area contributed by atoms with Crippen LogP contribution in [0, 0.1) is 6.92 Å². The van der Waals surface area contributed by atoms with Gasteiger partial charge in [-0.25, -0.2) is 0 Å². The Bertz CT molecular complexity index is 543. The molecule has 0 spiro atoms. The first-order valence-electron chi connectivity index (χ1n) is 5.79. The van der Waals surface area contributed by atoms with Crippen LogP contribution in [0.5, 0.6) is 0 Å². The van der Waals surface area contributed by atoms with Gasteiger partial charge in [-0.3, -0.25) is 4.68 Å². The van der Waals surface area contributed by atoms with Crippen molar-refractivity contribution in [1.82, 2.24) is 9.78 Å². The first kappa shape index (κ1) is 13.6. The number of aryl methyl sites for hydroxylation is 1. The maximum atomic E-state index is 12.4. The van der Waals surface area contributed by atoms with E-state index >= 15 is 0 Å². The topological polar surface area (TPSA) is 43.8 Å². The number of hydrogen-bond donors (Lipinski definition) is 1. The Morgan fingerprint density at radius 2 is 1.84 bits per heavy atom. The number of rotatable bonds is 3. The molecule has 0 fully saturated rings. The van der Waals surface area contributed by atoms with Gasteiger partial charge in [0.25, 0.3) is 0 Å². The van der Waals surface area contributed by atoms with Gasteiger partial charge in [-0.1, -0.05) is 12.1 Å². The number of hydrogen-bond acceptors (Lipinski definition) is 2. The van der Waals surface area contributed by atoms with E-state index in [4.69, 9.17) is 5.73 Å². The highest BCUT2D eigenvalue weighted by atomic mass is 19.4. The van der Waals surface area contributed by atoms with E-state index in [9.17, 15) is 13.2 Å². The second kappa shape index (κ2) is 5.05. The van der Waals surface area contributed by atoms with Crippen LogP contribution in [-0.4, -0.2) is 9.78 Å². The zero-order chi connectivity index (χ0) is 14.0. The van der Waals surface area contributed by atoms with E-state index < -0.39 is 11.7 Å². The predicted octanol–water partition coefficient (Wildman–Crippen LogP) is 2.91. The van der Waals surface area contributed by atoms with Crippen LogP contribution in [0.4, 0.5) is 13.2 Å². The summed E-state index contributed by atoms with van der Waals surface area (Å²) in [5, 5.41) is 4.19. The van der Waals surface area contributed by atoms with Gasteiger partial charge in [0.2, 0.25) is 0 Å². The monoisotopic (exact) mass is 269 g/mol. The molecular formula is C13H14F3N3. The molecule has 0 radical (unpaired) electrons. The molecule has 0 saturated carbocycles. The lowest BCUT2D eigenvalue weighted by molar-refractivity contribution is -0.137. The Morgan fingerprint density at radius 3 is 2.32 bits per heavy atom. The van der Waals surface area contributed by atoms with E-state index in [1.54, 1.807) is 10.9 Å². The number of aromatic nitrogens is 2. The van der Waals surface area contributed by atoms with Crippen molar-refractivity contribution >= 4 is 0 Å². The third-order valence-corrected chi connectivity index (χ3v) is 2.82. The lowest BCUT2D eigenvalue weighted by atomic mass is 10.1. The molecule has 19 heavy (non-hydrogen) atoms. The molecule has 0 amide bonds. The summed E-state index contributed by atoms with van der Waals surface area (Å²) in [6, 6.07) is 6.36. The quantitative estimate of drug-likeness (QED) is 0.931. The summed E-state index contributed by atoms with van der Waals surface area (Å²) in [6.45, 7) is 2.29. The number of halogens is 3. The van der Waals surface area contributed by atoms with Crippen LogP contribution >= 0.6 is 0 Å². The molecule has 0 bridgehead atoms. The SMILES string of the molecule is Cc1ccn(CC(N)c2ccc(C(F)(F)F)cc2)n1. The molecule has 102 valence electrons. The van der Waals surface area contributed by atoms with E-state index in [0.29, 0.717) is 12.1 Å². The summed E-state index contributed by atoms with van der Waals surface area (Å²) < 4.78 is 39.0. The van der Waals surface area contributed by atoms with E-state index in [0.717, 1.165) is 17.8 Å². The molecule has 1 unspecified atom stereocenters. The first-order valence-corrected chi connectivity index (χ1v) is 5.79. The van der Waals surface area contributed by atoms with E-state index in [1.807, 2.05) is 13.0 Å². The Kier molecular flexibility index (Phi) is 3.61. The van der Waals surface area contributed by atoms with Crippen molar-refractivity contribution in [3.05, 3.63) is 53.3 Å². The number of nitrogens with two attached hydrogens (primary N) is 1. The molecule has 2 N–H and O–H groups in total. The Labute approximate surface area is 108 Å². The molecule has 1 heterocycles. The van der Waals surface area contributed by atoms with Crippen molar-refractivity contribution in [2.45, 2.75) is 25.7 Å². The average molecular weight is 269 g/mol. The molecule has 0 saturated heterocycles. The fraction of sp³-hybridized carbons (Fsp3) is 0.308. The molecule has 3 nitrogen and oxygen atoms in total. The highest BCUT2D eigenvalue weighted by Gasteiger charge is 2.30. The van der Waals surface area contributed by atoms with Gasteiger partial charge in [0.15, 0.2) is 0 Å². The second-order valence-corrected chi connectivity index (χ2v) is 4.41. The molecule has 6 heteroatoms. The van der Waals surface area contributed by atoms with Crippen molar-refractivity contribution in [1.29, 1.82) is 0 Å². The minimum absolute atomic E-state index is 0.387. The van der Waals surface area contributed by atoms with Gasteiger partial charge >= 0.3 is 6.18 Å². The van der Waals surface area contributed by atoms with Crippen LogP contribution in [0.1, 0.15) is 22.9 Å². The van der Waals surface area contributed by atoms with Gasteiger partial charge in [0.1, 0.15) is 0 Å². The third kappa shape index (κ3) is 3.35. The third-order valence-electron chi connectivity index (χ3n) is 2.82.